The largest absolute Gasteiger partial charge is 0.476 e. The molecule has 1 aliphatic carbocycles. The van der Waals surface area contributed by atoms with E-state index in [4.69, 9.17) is 16.4 Å². The molecular weight excluding hydrogens is 266 g/mol. The van der Waals surface area contributed by atoms with Crippen molar-refractivity contribution in [1.82, 2.24) is 0 Å². The van der Waals surface area contributed by atoms with Crippen molar-refractivity contribution in [2.75, 3.05) is 0 Å². The van der Waals surface area contributed by atoms with Crippen molar-refractivity contribution in [3.63, 3.8) is 0 Å². The molecule has 1 aromatic rings. The van der Waals surface area contributed by atoms with E-state index in [0.29, 0.717) is 10.6 Å². The van der Waals surface area contributed by atoms with Crippen LogP contribution in [0.15, 0.2) is 29.4 Å². The number of benzene rings is 1. The SMILES string of the molecule is CC1(ON=C(C(=O)O)c2ccc(Cl)cc2)CCCC1. The molecule has 0 spiro atoms. The van der Waals surface area contributed by atoms with Gasteiger partial charge >= 0.3 is 5.97 Å². The van der Waals surface area contributed by atoms with E-state index in [2.05, 4.69) is 5.16 Å². The molecule has 1 aromatic carbocycles. The van der Waals surface area contributed by atoms with Crippen LogP contribution in [0.2, 0.25) is 5.02 Å². The van der Waals surface area contributed by atoms with Gasteiger partial charge in [-0.2, -0.15) is 0 Å². The molecule has 0 aromatic heterocycles. The van der Waals surface area contributed by atoms with Crippen LogP contribution in [0.25, 0.3) is 0 Å². The molecule has 5 heteroatoms. The third-order valence-corrected chi connectivity index (χ3v) is 3.59. The summed E-state index contributed by atoms with van der Waals surface area (Å²) in [7, 11) is 0. The highest BCUT2D eigenvalue weighted by Crippen LogP contribution is 2.32. The maximum atomic E-state index is 11.3. The first-order chi connectivity index (χ1) is 9.00. The van der Waals surface area contributed by atoms with Crippen LogP contribution in [0, 0.1) is 0 Å². The van der Waals surface area contributed by atoms with E-state index in [0.717, 1.165) is 25.7 Å². The smallest absolute Gasteiger partial charge is 0.358 e. The second-order valence-corrected chi connectivity index (χ2v) is 5.44. The topological polar surface area (TPSA) is 58.9 Å². The van der Waals surface area contributed by atoms with Crippen molar-refractivity contribution in [2.24, 2.45) is 5.16 Å². The first-order valence-electron chi connectivity index (χ1n) is 6.26. The fourth-order valence-corrected chi connectivity index (χ4v) is 2.32. The molecule has 1 saturated carbocycles. The van der Waals surface area contributed by atoms with Crippen molar-refractivity contribution in [3.8, 4) is 0 Å². The Labute approximate surface area is 117 Å². The lowest BCUT2D eigenvalue weighted by Gasteiger charge is -2.20. The number of hydrogen-bond acceptors (Lipinski definition) is 3. The predicted molar refractivity (Wildman–Crippen MR) is 73.6 cm³/mol. The molecule has 4 nitrogen and oxygen atoms in total. The van der Waals surface area contributed by atoms with Crippen LogP contribution in [0.4, 0.5) is 0 Å². The van der Waals surface area contributed by atoms with E-state index in [-0.39, 0.29) is 11.3 Å². The van der Waals surface area contributed by atoms with Crippen LogP contribution in [0.1, 0.15) is 38.2 Å². The Kier molecular flexibility index (Phi) is 4.10. The molecule has 1 fully saturated rings. The molecule has 0 saturated heterocycles. The van der Waals surface area contributed by atoms with Crippen molar-refractivity contribution >= 4 is 23.3 Å². The number of halogens is 1. The van der Waals surface area contributed by atoms with Crippen LogP contribution in [0.5, 0.6) is 0 Å². The number of hydrogen-bond donors (Lipinski definition) is 1. The number of aliphatic carboxylic acids is 1. The quantitative estimate of drug-likeness (QED) is 0.679. The molecule has 102 valence electrons. The fraction of sp³-hybridized carbons (Fsp3) is 0.429. The summed E-state index contributed by atoms with van der Waals surface area (Å²) in [6, 6.07) is 6.50. The number of oxime groups is 1. The summed E-state index contributed by atoms with van der Waals surface area (Å²) in [4.78, 5) is 16.7. The van der Waals surface area contributed by atoms with Gasteiger partial charge in [-0.05, 0) is 44.7 Å². The Morgan fingerprint density at radius 1 is 1.32 bits per heavy atom. The van der Waals surface area contributed by atoms with E-state index in [1.165, 1.54) is 0 Å². The first kappa shape index (κ1) is 13.9. The summed E-state index contributed by atoms with van der Waals surface area (Å²) in [6.45, 7) is 1.96. The summed E-state index contributed by atoms with van der Waals surface area (Å²) in [5.41, 5.74) is 0.0518. The molecule has 0 atom stereocenters. The van der Waals surface area contributed by atoms with Crippen LogP contribution in [0.3, 0.4) is 0 Å². The zero-order chi connectivity index (χ0) is 13.9. The molecule has 0 unspecified atom stereocenters. The minimum absolute atomic E-state index is 0.0928. The highest BCUT2D eigenvalue weighted by molar-refractivity contribution is 6.42. The minimum atomic E-state index is -1.11. The maximum absolute atomic E-state index is 11.3. The second-order valence-electron chi connectivity index (χ2n) is 5.00. The van der Waals surface area contributed by atoms with Gasteiger partial charge in [0.25, 0.3) is 0 Å². The zero-order valence-corrected chi connectivity index (χ0v) is 11.5. The molecule has 0 bridgehead atoms. The lowest BCUT2D eigenvalue weighted by Crippen LogP contribution is -2.24. The molecule has 2 rings (SSSR count). The van der Waals surface area contributed by atoms with Gasteiger partial charge in [0.15, 0.2) is 5.71 Å². The van der Waals surface area contributed by atoms with Crippen molar-refractivity contribution in [3.05, 3.63) is 34.9 Å². The van der Waals surface area contributed by atoms with E-state index in [1.54, 1.807) is 24.3 Å². The number of carbonyl (C=O) groups is 1. The monoisotopic (exact) mass is 281 g/mol. The van der Waals surface area contributed by atoms with Crippen LogP contribution in [-0.2, 0) is 9.63 Å². The fourth-order valence-electron chi connectivity index (χ4n) is 2.19. The Morgan fingerprint density at radius 3 is 2.42 bits per heavy atom. The summed E-state index contributed by atoms with van der Waals surface area (Å²) in [5.74, 6) is -1.11. The lowest BCUT2D eigenvalue weighted by atomic mass is 10.1. The van der Waals surface area contributed by atoms with E-state index in [1.807, 2.05) is 6.92 Å². The average Bonchev–Trinajstić information content (AvgIpc) is 2.78. The molecule has 0 aliphatic heterocycles. The summed E-state index contributed by atoms with van der Waals surface area (Å²) >= 11 is 5.78. The number of carboxylic acids is 1. The van der Waals surface area contributed by atoms with Gasteiger partial charge in [0.1, 0.15) is 5.60 Å². The molecule has 1 aliphatic rings. The lowest BCUT2D eigenvalue weighted by molar-refractivity contribution is -0.129. The van der Waals surface area contributed by atoms with Gasteiger partial charge in [0, 0.05) is 10.6 Å². The molecule has 19 heavy (non-hydrogen) atoms. The highest BCUT2D eigenvalue weighted by atomic mass is 35.5. The Bertz CT molecular complexity index is 490. The van der Waals surface area contributed by atoms with Gasteiger partial charge in [-0.15, -0.1) is 0 Å². The van der Waals surface area contributed by atoms with Crippen LogP contribution < -0.4 is 0 Å². The summed E-state index contributed by atoms with van der Waals surface area (Å²) < 4.78 is 0. The first-order valence-corrected chi connectivity index (χ1v) is 6.63. The van der Waals surface area contributed by atoms with Crippen LogP contribution in [-0.4, -0.2) is 22.4 Å². The van der Waals surface area contributed by atoms with Gasteiger partial charge in [-0.1, -0.05) is 28.9 Å². The van der Waals surface area contributed by atoms with Crippen molar-refractivity contribution in [2.45, 2.75) is 38.2 Å². The van der Waals surface area contributed by atoms with Gasteiger partial charge < -0.3 is 9.94 Å². The number of nitrogens with zero attached hydrogens (tertiary/aromatic N) is 1. The summed E-state index contributed by atoms with van der Waals surface area (Å²) in [6.07, 6.45) is 4.00. The zero-order valence-electron chi connectivity index (χ0n) is 10.7. The Morgan fingerprint density at radius 2 is 1.89 bits per heavy atom. The molecular formula is C14H16ClNO3. The maximum Gasteiger partial charge on any atom is 0.358 e. The average molecular weight is 282 g/mol. The van der Waals surface area contributed by atoms with Gasteiger partial charge in [0.2, 0.25) is 0 Å². The third-order valence-electron chi connectivity index (χ3n) is 3.34. The minimum Gasteiger partial charge on any atom is -0.476 e. The van der Waals surface area contributed by atoms with Crippen molar-refractivity contribution in [1.29, 1.82) is 0 Å². The predicted octanol–water partition coefficient (Wildman–Crippen LogP) is 3.48. The highest BCUT2D eigenvalue weighted by Gasteiger charge is 2.31. The van der Waals surface area contributed by atoms with Crippen molar-refractivity contribution < 1.29 is 14.7 Å². The van der Waals surface area contributed by atoms with Crippen LogP contribution >= 0.6 is 11.6 Å². The molecule has 0 heterocycles. The third kappa shape index (κ3) is 3.47. The molecule has 0 radical (unpaired) electrons. The normalized spacial score (nSPS) is 18.3. The van der Waals surface area contributed by atoms with E-state index < -0.39 is 5.97 Å². The number of carboxylic acid groups (broad SMARTS) is 1. The second kappa shape index (κ2) is 5.61. The van der Waals surface area contributed by atoms with E-state index >= 15 is 0 Å². The van der Waals surface area contributed by atoms with Gasteiger partial charge in [-0.3, -0.25) is 0 Å². The Hall–Kier alpha value is -1.55. The van der Waals surface area contributed by atoms with E-state index in [9.17, 15) is 9.90 Å². The molecule has 1 N–H and O–H groups in total. The number of rotatable bonds is 4. The van der Waals surface area contributed by atoms with Gasteiger partial charge in [-0.25, -0.2) is 4.79 Å². The van der Waals surface area contributed by atoms with Gasteiger partial charge in [0.05, 0.1) is 0 Å². The Balaban J connectivity index is 2.20. The summed E-state index contributed by atoms with van der Waals surface area (Å²) in [5, 5.41) is 13.6. The standard InChI is InChI=1S/C14H16ClNO3/c1-14(8-2-3-9-14)19-16-12(13(17)18)10-4-6-11(15)7-5-10/h4-7H,2-3,8-9H2,1H3,(H,17,18). The molecule has 0 amide bonds.